The first kappa shape index (κ1) is 19.8. The molecule has 0 aliphatic carbocycles. The van der Waals surface area contributed by atoms with Crippen LogP contribution in [-0.2, 0) is 4.74 Å². The van der Waals surface area contributed by atoms with Crippen LogP contribution in [0.2, 0.25) is 0 Å². The van der Waals surface area contributed by atoms with Crippen LogP contribution in [0.3, 0.4) is 0 Å². The zero-order chi connectivity index (χ0) is 15.4. The highest BCUT2D eigenvalue weighted by atomic mass is 16.6. The summed E-state index contributed by atoms with van der Waals surface area (Å²) in [6, 6.07) is 0. The lowest BCUT2D eigenvalue weighted by atomic mass is 10.2. The molecule has 0 aromatic heterocycles. The molecule has 0 saturated heterocycles. The smallest absolute Gasteiger partial charge is 0.214 e. The van der Waals surface area contributed by atoms with Crippen molar-refractivity contribution in [2.24, 2.45) is 0 Å². The van der Waals surface area contributed by atoms with Gasteiger partial charge >= 0.3 is 0 Å². The molecule has 5 N–H and O–H groups in total. The molecule has 0 amide bonds. The SMILES string of the molecule is CCCN[C@H](O)NCCCCCN[C@@H](O)OC(C)(C)C. The van der Waals surface area contributed by atoms with Gasteiger partial charge in [0.05, 0.1) is 5.60 Å². The third-order valence-electron chi connectivity index (χ3n) is 2.56. The average Bonchev–Trinajstić information content (AvgIpc) is 2.33. The second-order valence-electron chi connectivity index (χ2n) is 5.91. The van der Waals surface area contributed by atoms with Crippen LogP contribution < -0.4 is 16.0 Å². The molecule has 122 valence electrons. The fraction of sp³-hybridized carbons (Fsp3) is 1.00. The van der Waals surface area contributed by atoms with Crippen molar-refractivity contribution in [2.45, 2.75) is 71.7 Å². The third kappa shape index (κ3) is 14.2. The maximum Gasteiger partial charge on any atom is 0.214 e. The molecular formula is C14H33N3O3. The lowest BCUT2D eigenvalue weighted by Gasteiger charge is -2.24. The van der Waals surface area contributed by atoms with E-state index in [1.807, 2.05) is 20.8 Å². The van der Waals surface area contributed by atoms with Gasteiger partial charge < -0.3 is 14.9 Å². The number of aliphatic hydroxyl groups is 2. The Labute approximate surface area is 123 Å². The fourth-order valence-corrected chi connectivity index (χ4v) is 1.62. The van der Waals surface area contributed by atoms with Crippen LogP contribution in [0.5, 0.6) is 0 Å². The van der Waals surface area contributed by atoms with E-state index in [0.29, 0.717) is 6.54 Å². The number of unbranched alkanes of at least 4 members (excludes halogenated alkanes) is 2. The van der Waals surface area contributed by atoms with Crippen molar-refractivity contribution < 1.29 is 14.9 Å². The third-order valence-corrected chi connectivity index (χ3v) is 2.56. The molecule has 0 saturated carbocycles. The molecule has 0 radical (unpaired) electrons. The van der Waals surface area contributed by atoms with Gasteiger partial charge in [-0.1, -0.05) is 13.3 Å². The van der Waals surface area contributed by atoms with E-state index in [1.54, 1.807) is 0 Å². The molecule has 0 rings (SSSR count). The lowest BCUT2D eigenvalue weighted by molar-refractivity contribution is -0.181. The number of nitrogens with one attached hydrogen (secondary N) is 3. The van der Waals surface area contributed by atoms with Gasteiger partial charge in [0.2, 0.25) is 6.41 Å². The molecule has 0 spiro atoms. The van der Waals surface area contributed by atoms with Crippen molar-refractivity contribution >= 4 is 0 Å². The molecule has 0 unspecified atom stereocenters. The maximum absolute atomic E-state index is 9.56. The Hall–Kier alpha value is -0.240. The summed E-state index contributed by atoms with van der Waals surface area (Å²) in [5.41, 5.74) is -0.349. The second kappa shape index (κ2) is 11.4. The summed E-state index contributed by atoms with van der Waals surface area (Å²) in [6.45, 7) is 10.1. The van der Waals surface area contributed by atoms with E-state index in [4.69, 9.17) is 4.74 Å². The van der Waals surface area contributed by atoms with Gasteiger partial charge in [0.25, 0.3) is 0 Å². The molecule has 0 aliphatic heterocycles. The average molecular weight is 291 g/mol. The fourth-order valence-electron chi connectivity index (χ4n) is 1.62. The van der Waals surface area contributed by atoms with Gasteiger partial charge in [0.15, 0.2) is 6.35 Å². The Morgan fingerprint density at radius 1 is 0.900 bits per heavy atom. The zero-order valence-corrected chi connectivity index (χ0v) is 13.4. The maximum atomic E-state index is 9.56. The summed E-state index contributed by atoms with van der Waals surface area (Å²) < 4.78 is 5.33. The molecule has 20 heavy (non-hydrogen) atoms. The quantitative estimate of drug-likeness (QED) is 0.269. The van der Waals surface area contributed by atoms with Crippen molar-refractivity contribution in [1.29, 1.82) is 0 Å². The predicted octanol–water partition coefficient (Wildman–Crippen LogP) is 0.702. The highest BCUT2D eigenvalue weighted by Crippen LogP contribution is 2.07. The molecule has 0 aliphatic rings. The summed E-state index contributed by atoms with van der Waals surface area (Å²) in [5, 5.41) is 27.9. The van der Waals surface area contributed by atoms with E-state index in [0.717, 1.165) is 38.8 Å². The summed E-state index contributed by atoms with van der Waals surface area (Å²) in [6.07, 6.45) is 2.46. The largest absolute Gasteiger partial charge is 0.365 e. The molecule has 0 aromatic rings. The highest BCUT2D eigenvalue weighted by molar-refractivity contribution is 4.60. The summed E-state index contributed by atoms with van der Waals surface area (Å²) in [5.74, 6) is 0. The van der Waals surface area contributed by atoms with Crippen LogP contribution in [-0.4, -0.2) is 48.2 Å². The van der Waals surface area contributed by atoms with E-state index in [9.17, 15) is 10.2 Å². The Morgan fingerprint density at radius 3 is 2.00 bits per heavy atom. The van der Waals surface area contributed by atoms with E-state index >= 15 is 0 Å². The van der Waals surface area contributed by atoms with E-state index in [-0.39, 0.29) is 5.60 Å². The number of rotatable bonds is 12. The molecule has 2 atom stereocenters. The summed E-state index contributed by atoms with van der Waals surface area (Å²) in [4.78, 5) is 0. The summed E-state index contributed by atoms with van der Waals surface area (Å²) in [7, 11) is 0. The zero-order valence-electron chi connectivity index (χ0n) is 13.4. The molecule has 0 aromatic carbocycles. The number of aliphatic hydroxyl groups excluding tert-OH is 2. The first-order valence-corrected chi connectivity index (χ1v) is 7.59. The van der Waals surface area contributed by atoms with Crippen molar-refractivity contribution in [3.63, 3.8) is 0 Å². The normalized spacial score (nSPS) is 15.3. The monoisotopic (exact) mass is 291 g/mol. The van der Waals surface area contributed by atoms with Gasteiger partial charge in [-0.2, -0.15) is 0 Å². The van der Waals surface area contributed by atoms with Crippen LogP contribution >= 0.6 is 0 Å². The number of hydrogen-bond acceptors (Lipinski definition) is 6. The van der Waals surface area contributed by atoms with Gasteiger partial charge in [-0.25, -0.2) is 0 Å². The minimum atomic E-state index is -0.909. The van der Waals surface area contributed by atoms with E-state index in [1.165, 1.54) is 0 Å². The standard InChI is InChI=1S/C14H33N3O3/c1-5-9-15-12(18)16-10-7-6-8-11-17-13(19)20-14(2,3)4/h12-13,15-19H,5-11H2,1-4H3/t12-,13-/m0/s1. The predicted molar refractivity (Wildman–Crippen MR) is 81.0 cm³/mol. The van der Waals surface area contributed by atoms with Crippen molar-refractivity contribution in [3.8, 4) is 0 Å². The van der Waals surface area contributed by atoms with Gasteiger partial charge in [-0.3, -0.25) is 16.0 Å². The second-order valence-corrected chi connectivity index (χ2v) is 5.91. The molecule has 6 nitrogen and oxygen atoms in total. The summed E-state index contributed by atoms with van der Waals surface area (Å²) >= 11 is 0. The van der Waals surface area contributed by atoms with Gasteiger partial charge in [-0.05, 0) is 59.7 Å². The number of ether oxygens (including phenoxy) is 1. The van der Waals surface area contributed by atoms with E-state index in [2.05, 4.69) is 22.9 Å². The molecular weight excluding hydrogens is 258 g/mol. The number of hydrogen-bond donors (Lipinski definition) is 5. The minimum absolute atomic E-state index is 0.349. The van der Waals surface area contributed by atoms with Crippen molar-refractivity contribution in [2.75, 3.05) is 19.6 Å². The lowest BCUT2D eigenvalue weighted by Crippen LogP contribution is -2.42. The first-order chi connectivity index (χ1) is 9.35. The molecule has 6 heteroatoms. The van der Waals surface area contributed by atoms with Crippen LogP contribution in [0.25, 0.3) is 0 Å². The molecule has 0 bridgehead atoms. The van der Waals surface area contributed by atoms with Crippen LogP contribution in [0.15, 0.2) is 0 Å². The molecule has 0 heterocycles. The Balaban J connectivity index is 3.32. The highest BCUT2D eigenvalue weighted by Gasteiger charge is 2.15. The topological polar surface area (TPSA) is 85.8 Å². The van der Waals surface area contributed by atoms with Crippen molar-refractivity contribution in [3.05, 3.63) is 0 Å². The van der Waals surface area contributed by atoms with Gasteiger partial charge in [-0.15, -0.1) is 0 Å². The molecule has 0 fully saturated rings. The van der Waals surface area contributed by atoms with Gasteiger partial charge in [0.1, 0.15) is 0 Å². The first-order valence-electron chi connectivity index (χ1n) is 7.59. The Morgan fingerprint density at radius 2 is 1.45 bits per heavy atom. The van der Waals surface area contributed by atoms with Crippen LogP contribution in [0.1, 0.15) is 53.4 Å². The van der Waals surface area contributed by atoms with Crippen LogP contribution in [0.4, 0.5) is 0 Å². The Bertz CT molecular complexity index is 222. The van der Waals surface area contributed by atoms with Crippen molar-refractivity contribution in [1.82, 2.24) is 16.0 Å². The minimum Gasteiger partial charge on any atom is -0.365 e. The Kier molecular flexibility index (Phi) is 11.3. The van der Waals surface area contributed by atoms with Gasteiger partial charge in [0, 0.05) is 0 Å². The van der Waals surface area contributed by atoms with E-state index < -0.39 is 12.8 Å². The van der Waals surface area contributed by atoms with Crippen LogP contribution in [0, 0.1) is 0 Å².